The molecule has 0 aliphatic carbocycles. The highest BCUT2D eigenvalue weighted by Crippen LogP contribution is 2.28. The molecule has 16 heteroatoms. The lowest BCUT2D eigenvalue weighted by Gasteiger charge is -2.31. The molecule has 1 aliphatic heterocycles. The fraction of sp³-hybridized carbons (Fsp3) is 0.444. The summed E-state index contributed by atoms with van der Waals surface area (Å²) in [6.07, 6.45) is 1.65. The number of carbonyl (C=O) groups is 1. The smallest absolute Gasteiger partial charge is 0.306 e. The van der Waals surface area contributed by atoms with Gasteiger partial charge in [0.05, 0.1) is 36.5 Å². The number of hydrogen-bond acceptors (Lipinski definition) is 12. The first-order valence-electron chi connectivity index (χ1n) is 13.5. The number of esters is 1. The van der Waals surface area contributed by atoms with E-state index in [0.29, 0.717) is 49.4 Å². The first-order valence-corrected chi connectivity index (χ1v) is 16.9. The summed E-state index contributed by atoms with van der Waals surface area (Å²) in [4.78, 5) is 15.7. The van der Waals surface area contributed by atoms with Crippen LogP contribution in [0, 0.1) is 5.92 Å². The number of ether oxygens (including phenoxy) is 1. The van der Waals surface area contributed by atoms with E-state index in [1.807, 2.05) is 0 Å². The van der Waals surface area contributed by atoms with Crippen LogP contribution in [0.5, 0.6) is 5.75 Å². The second-order valence-electron chi connectivity index (χ2n) is 10.3. The van der Waals surface area contributed by atoms with E-state index in [1.54, 1.807) is 12.1 Å². The number of anilines is 1. The second kappa shape index (κ2) is 13.8. The van der Waals surface area contributed by atoms with Gasteiger partial charge in [-0.2, -0.15) is 9.29 Å². The molecule has 0 bridgehead atoms. The molecule has 234 valence electrons. The molecular formula is C27H35N5O9S2. The number of sulfonamides is 2. The number of phenolic OH excluding ortho intramolecular Hbond substituents is 1. The van der Waals surface area contributed by atoms with E-state index in [0.717, 1.165) is 6.26 Å². The Bertz CT molecular complexity index is 1620. The minimum atomic E-state index is -3.70. The van der Waals surface area contributed by atoms with E-state index in [4.69, 9.17) is 4.52 Å². The predicted octanol–water partition coefficient (Wildman–Crippen LogP) is 1.64. The minimum absolute atomic E-state index is 0.0151. The van der Waals surface area contributed by atoms with Gasteiger partial charge in [-0.1, -0.05) is 11.2 Å². The lowest BCUT2D eigenvalue weighted by Crippen LogP contribution is -2.41. The SMILES string of the molecule is COC(=O)CCc1nc(-c2ccc(S(=O)(=O)N3CCC(CNC[C@H](O)c4ccc(O)c(NS(C)(=O)=O)c4)CC3)cc2)no1. The maximum Gasteiger partial charge on any atom is 0.306 e. The number of piperidine rings is 1. The molecule has 3 aromatic rings. The Labute approximate surface area is 250 Å². The number of phenols is 1. The van der Waals surface area contributed by atoms with E-state index in [9.17, 15) is 31.8 Å². The Balaban J connectivity index is 1.25. The molecule has 1 aliphatic rings. The van der Waals surface area contributed by atoms with Crippen LogP contribution in [-0.4, -0.2) is 87.0 Å². The molecule has 1 fully saturated rings. The molecule has 0 amide bonds. The van der Waals surface area contributed by atoms with Crippen LogP contribution in [0.3, 0.4) is 0 Å². The van der Waals surface area contributed by atoms with Gasteiger partial charge in [-0.15, -0.1) is 0 Å². The third-order valence-electron chi connectivity index (χ3n) is 7.03. The van der Waals surface area contributed by atoms with Gasteiger partial charge < -0.3 is 24.8 Å². The number of aromatic hydroxyl groups is 1. The topological polar surface area (TPSA) is 201 Å². The molecule has 14 nitrogen and oxygen atoms in total. The third kappa shape index (κ3) is 8.73. The predicted molar refractivity (Wildman–Crippen MR) is 156 cm³/mol. The maximum atomic E-state index is 13.2. The van der Waals surface area contributed by atoms with Crippen molar-refractivity contribution >= 4 is 31.7 Å². The summed E-state index contributed by atoms with van der Waals surface area (Å²) in [7, 11) is -6.00. The average molecular weight is 638 g/mol. The van der Waals surface area contributed by atoms with Gasteiger partial charge in [0.25, 0.3) is 0 Å². The van der Waals surface area contributed by atoms with Gasteiger partial charge in [-0.25, -0.2) is 16.8 Å². The van der Waals surface area contributed by atoms with Gasteiger partial charge in [0.1, 0.15) is 5.75 Å². The fourth-order valence-corrected chi connectivity index (χ4v) is 6.68. The van der Waals surface area contributed by atoms with Gasteiger partial charge in [0.15, 0.2) is 0 Å². The molecule has 2 aromatic carbocycles. The molecule has 4 N–H and O–H groups in total. The zero-order valence-electron chi connectivity index (χ0n) is 23.8. The first kappa shape index (κ1) is 32.3. The largest absolute Gasteiger partial charge is 0.506 e. The van der Waals surface area contributed by atoms with Gasteiger partial charge in [-0.05, 0) is 67.3 Å². The Morgan fingerprint density at radius 3 is 2.49 bits per heavy atom. The number of nitrogens with zero attached hydrogens (tertiary/aromatic N) is 3. The highest BCUT2D eigenvalue weighted by Gasteiger charge is 2.29. The van der Waals surface area contributed by atoms with Crippen molar-refractivity contribution in [1.29, 1.82) is 0 Å². The average Bonchev–Trinajstić information content (AvgIpc) is 3.46. The molecule has 1 aromatic heterocycles. The third-order valence-corrected chi connectivity index (χ3v) is 9.54. The molecule has 1 saturated heterocycles. The van der Waals surface area contributed by atoms with Gasteiger partial charge >= 0.3 is 5.97 Å². The zero-order valence-corrected chi connectivity index (χ0v) is 25.4. The lowest BCUT2D eigenvalue weighted by atomic mass is 9.98. The second-order valence-corrected chi connectivity index (χ2v) is 14.0. The van der Waals surface area contributed by atoms with Crippen molar-refractivity contribution in [2.45, 2.75) is 36.7 Å². The Hall–Kier alpha value is -3.57. The van der Waals surface area contributed by atoms with E-state index >= 15 is 0 Å². The molecule has 1 atom stereocenters. The zero-order chi connectivity index (χ0) is 31.2. The maximum absolute atomic E-state index is 13.2. The Kier molecular flexibility index (Phi) is 10.4. The van der Waals surface area contributed by atoms with Crippen LogP contribution in [0.1, 0.15) is 36.8 Å². The van der Waals surface area contributed by atoms with E-state index in [-0.39, 0.29) is 53.5 Å². The Morgan fingerprint density at radius 1 is 1.14 bits per heavy atom. The van der Waals surface area contributed by atoms with Crippen molar-refractivity contribution < 1.29 is 41.1 Å². The van der Waals surface area contributed by atoms with Crippen molar-refractivity contribution in [3.05, 3.63) is 53.9 Å². The van der Waals surface area contributed by atoms with Crippen LogP contribution in [0.4, 0.5) is 5.69 Å². The van der Waals surface area contributed by atoms with Crippen LogP contribution < -0.4 is 10.0 Å². The summed E-state index contributed by atoms with van der Waals surface area (Å²) in [6.45, 7) is 1.47. The van der Waals surface area contributed by atoms with Crippen molar-refractivity contribution in [2.24, 2.45) is 5.92 Å². The first-order chi connectivity index (χ1) is 20.4. The summed E-state index contributed by atoms with van der Waals surface area (Å²) < 4.78 is 62.9. The number of benzene rings is 2. The van der Waals surface area contributed by atoms with E-state index in [2.05, 4.69) is 24.9 Å². The van der Waals surface area contributed by atoms with Gasteiger partial charge in [0.2, 0.25) is 31.8 Å². The van der Waals surface area contributed by atoms with Crippen molar-refractivity contribution in [3.63, 3.8) is 0 Å². The number of aliphatic hydroxyl groups is 1. The number of carbonyl (C=O) groups excluding carboxylic acids is 1. The van der Waals surface area contributed by atoms with Crippen molar-refractivity contribution in [2.75, 3.05) is 44.3 Å². The number of hydrogen-bond donors (Lipinski definition) is 4. The number of aryl methyl sites for hydroxylation is 1. The monoisotopic (exact) mass is 637 g/mol. The number of methoxy groups -OCH3 is 1. The molecule has 0 spiro atoms. The summed E-state index contributed by atoms with van der Waals surface area (Å²) in [6, 6.07) is 10.4. The van der Waals surface area contributed by atoms with Crippen molar-refractivity contribution in [3.8, 4) is 17.1 Å². The van der Waals surface area contributed by atoms with Gasteiger partial charge in [-0.3, -0.25) is 9.52 Å². The summed E-state index contributed by atoms with van der Waals surface area (Å²) in [5, 5.41) is 27.5. The van der Waals surface area contributed by atoms with E-state index in [1.165, 1.54) is 41.7 Å². The molecule has 0 saturated carbocycles. The summed E-state index contributed by atoms with van der Waals surface area (Å²) >= 11 is 0. The highest BCUT2D eigenvalue weighted by atomic mass is 32.2. The molecule has 0 radical (unpaired) electrons. The van der Waals surface area contributed by atoms with E-state index < -0.39 is 26.2 Å². The molecule has 43 heavy (non-hydrogen) atoms. The quantitative estimate of drug-likeness (QED) is 0.156. The van der Waals surface area contributed by atoms with Gasteiger partial charge in [0, 0.05) is 31.6 Å². The van der Waals surface area contributed by atoms with Crippen molar-refractivity contribution in [1.82, 2.24) is 19.8 Å². The molecular weight excluding hydrogens is 602 g/mol. The van der Waals surface area contributed by atoms with Crippen LogP contribution in [0.25, 0.3) is 11.4 Å². The minimum Gasteiger partial charge on any atom is -0.506 e. The number of nitrogens with one attached hydrogen (secondary N) is 2. The van der Waals surface area contributed by atoms with Crippen LogP contribution in [0.2, 0.25) is 0 Å². The molecule has 4 rings (SSSR count). The summed E-state index contributed by atoms with van der Waals surface area (Å²) in [5.41, 5.74) is 0.995. The normalized spacial score (nSPS) is 15.7. The highest BCUT2D eigenvalue weighted by molar-refractivity contribution is 7.92. The van der Waals surface area contributed by atoms with Crippen LogP contribution in [0.15, 0.2) is 51.9 Å². The lowest BCUT2D eigenvalue weighted by molar-refractivity contribution is -0.140. The molecule has 2 heterocycles. The van der Waals surface area contributed by atoms with Crippen LogP contribution >= 0.6 is 0 Å². The standard InChI is InChI=1S/C27H35N5O9S2/c1-40-26(35)10-9-25-29-27(30-41-25)19-3-6-21(7-4-19)43(38,39)32-13-11-18(12-14-32)16-28-17-24(34)20-5-8-23(33)22(15-20)31-42(2,36)37/h3-8,15,18,24,28,31,33-34H,9-14,16-17H2,1-2H3/t24-/m0/s1. The van der Waals surface area contributed by atoms with Crippen LogP contribution in [-0.2, 0) is 36.0 Å². The summed E-state index contributed by atoms with van der Waals surface area (Å²) in [5.74, 6) is 0.135. The fourth-order valence-electron chi connectivity index (χ4n) is 4.65. The number of aromatic nitrogens is 2. The number of rotatable bonds is 13. The molecule has 0 unspecified atom stereocenters. The Morgan fingerprint density at radius 2 is 1.84 bits per heavy atom. The number of aliphatic hydroxyl groups excluding tert-OH is 1.